The van der Waals surface area contributed by atoms with Crippen LogP contribution in [0.3, 0.4) is 0 Å². The van der Waals surface area contributed by atoms with Crippen LogP contribution in [0.4, 0.5) is 105 Å². The zero-order valence-corrected chi connectivity index (χ0v) is 35.6. The monoisotopic (exact) mass is 1090 g/mol. The second kappa shape index (κ2) is 24.0. The molecule has 4 aromatic carbocycles. The van der Waals surface area contributed by atoms with Crippen molar-refractivity contribution in [2.24, 2.45) is 0 Å². The van der Waals surface area contributed by atoms with E-state index in [4.69, 9.17) is 21.0 Å². The van der Waals surface area contributed by atoms with E-state index in [0.717, 1.165) is 0 Å². The summed E-state index contributed by atoms with van der Waals surface area (Å²) in [6.07, 6.45) is -54.8. The first kappa shape index (κ1) is 65.8. The van der Waals surface area contributed by atoms with E-state index in [1.165, 1.54) is 27.7 Å². The van der Waals surface area contributed by atoms with Crippen LogP contribution >= 0.6 is 0 Å². The first-order valence-electron chi connectivity index (χ1n) is 17.5. The van der Waals surface area contributed by atoms with Crippen LogP contribution in [0, 0.1) is 45.3 Å². The molecule has 0 aromatic heterocycles. The van der Waals surface area contributed by atoms with Gasteiger partial charge in [0.2, 0.25) is 0 Å². The van der Waals surface area contributed by atoms with Gasteiger partial charge in [-0.1, -0.05) is 48.5 Å². The van der Waals surface area contributed by atoms with Crippen molar-refractivity contribution in [3.05, 3.63) is 117 Å². The summed E-state index contributed by atoms with van der Waals surface area (Å²) in [4.78, 5) is 0. The molecular formula is C40H24BCuF24N4. The van der Waals surface area contributed by atoms with E-state index in [2.05, 4.69) is 0 Å². The molecule has 70 heavy (non-hydrogen) atoms. The molecule has 0 aliphatic heterocycles. The Balaban J connectivity index is 0. The van der Waals surface area contributed by atoms with Gasteiger partial charge in [0, 0.05) is 27.7 Å². The van der Waals surface area contributed by atoms with Crippen molar-refractivity contribution in [1.29, 1.82) is 21.0 Å². The van der Waals surface area contributed by atoms with E-state index in [1.807, 2.05) is 0 Å². The summed E-state index contributed by atoms with van der Waals surface area (Å²) in [5, 5.41) is 29.3. The van der Waals surface area contributed by atoms with Crippen LogP contribution < -0.4 is 21.9 Å². The van der Waals surface area contributed by atoms with Gasteiger partial charge in [0.25, 0.3) is 0 Å². The molecule has 0 aliphatic carbocycles. The number of alkyl halides is 24. The largest absolute Gasteiger partial charge is 1.00 e. The van der Waals surface area contributed by atoms with E-state index in [9.17, 15) is 105 Å². The van der Waals surface area contributed by atoms with Gasteiger partial charge in [-0.2, -0.15) is 148 Å². The molecule has 0 radical (unpaired) electrons. The van der Waals surface area contributed by atoms with E-state index in [-0.39, 0.29) is 17.1 Å². The third kappa shape index (κ3) is 17.6. The maximum absolute atomic E-state index is 14.2. The third-order valence-corrected chi connectivity index (χ3v) is 8.44. The van der Waals surface area contributed by atoms with Gasteiger partial charge in [0.05, 0.1) is 68.8 Å². The van der Waals surface area contributed by atoms with Gasteiger partial charge in [0.1, 0.15) is 6.15 Å². The van der Waals surface area contributed by atoms with Crippen LogP contribution in [0.25, 0.3) is 0 Å². The van der Waals surface area contributed by atoms with E-state index in [1.54, 1.807) is 24.3 Å². The topological polar surface area (TPSA) is 95.2 Å². The molecule has 0 amide bonds. The van der Waals surface area contributed by atoms with E-state index >= 15 is 0 Å². The Morgan fingerprint density at radius 1 is 0.257 bits per heavy atom. The molecule has 0 heterocycles. The molecule has 30 heteroatoms. The zero-order chi connectivity index (χ0) is 54.7. The fourth-order valence-electron chi connectivity index (χ4n) is 6.07. The summed E-state index contributed by atoms with van der Waals surface area (Å²) in [5.74, 6) is 0. The Morgan fingerprint density at radius 2 is 0.343 bits per heavy atom. The van der Waals surface area contributed by atoms with Gasteiger partial charge in [-0.05, 0) is 24.3 Å². The Labute approximate surface area is 389 Å². The van der Waals surface area contributed by atoms with Crippen molar-refractivity contribution in [3.8, 4) is 24.3 Å². The van der Waals surface area contributed by atoms with Crippen LogP contribution in [-0.2, 0) is 66.5 Å². The first-order valence-corrected chi connectivity index (χ1v) is 17.5. The second-order valence-electron chi connectivity index (χ2n) is 13.1. The van der Waals surface area contributed by atoms with Crippen LogP contribution in [0.5, 0.6) is 0 Å². The van der Waals surface area contributed by atoms with Crippen molar-refractivity contribution >= 4 is 28.0 Å². The minimum Gasteiger partial charge on any atom is -0.199 e. The summed E-state index contributed by atoms with van der Waals surface area (Å²) in [5.41, 5.74) is -30.2. The summed E-state index contributed by atoms with van der Waals surface area (Å²) in [7, 11) is 0. The van der Waals surface area contributed by atoms with Crippen LogP contribution in [0.15, 0.2) is 72.8 Å². The smallest absolute Gasteiger partial charge is 0.199 e. The fourth-order valence-corrected chi connectivity index (χ4v) is 6.07. The number of rotatable bonds is 4. The molecule has 0 spiro atoms. The molecule has 0 saturated heterocycles. The minimum atomic E-state index is -6.13. The molecule has 386 valence electrons. The molecule has 0 atom stereocenters. The average Bonchev–Trinajstić information content (AvgIpc) is 3.16. The van der Waals surface area contributed by atoms with Crippen LogP contribution in [0.1, 0.15) is 72.2 Å². The van der Waals surface area contributed by atoms with Crippen molar-refractivity contribution in [2.45, 2.75) is 77.1 Å². The molecule has 0 N–H and O–H groups in total. The predicted molar refractivity (Wildman–Crippen MR) is 195 cm³/mol. The number of benzene rings is 4. The fraction of sp³-hybridized carbons (Fsp3) is 0.300. The van der Waals surface area contributed by atoms with Gasteiger partial charge in [-0.15, -0.1) is 0 Å². The molecule has 4 nitrogen and oxygen atoms in total. The molecule has 0 saturated carbocycles. The Bertz CT molecular complexity index is 2070. The minimum absolute atomic E-state index is 0. The van der Waals surface area contributed by atoms with Crippen molar-refractivity contribution < 1.29 is 122 Å². The van der Waals surface area contributed by atoms with Crippen molar-refractivity contribution in [1.82, 2.24) is 0 Å². The van der Waals surface area contributed by atoms with Crippen molar-refractivity contribution in [2.75, 3.05) is 0 Å². The molecule has 0 bridgehead atoms. The van der Waals surface area contributed by atoms with Gasteiger partial charge < -0.3 is 0 Å². The van der Waals surface area contributed by atoms with Gasteiger partial charge >= 0.3 is 66.5 Å². The molecular weight excluding hydrogens is 1070 g/mol. The number of nitriles is 4. The normalized spacial score (nSPS) is 12.1. The number of hydrogen-bond donors (Lipinski definition) is 0. The molecule has 0 aliphatic rings. The summed E-state index contributed by atoms with van der Waals surface area (Å²) < 4.78 is 341. The molecule has 4 aromatic rings. The SMILES string of the molecule is CC#N.CC#N.CC#N.CC#N.FC(F)(F)c1cc([B-](c2cc(C(F)(F)F)cc(C(F)(F)F)c2)(c2cc(C(F)(F)F)cc(C(F)(F)F)c2)c2cc(C(F)(F)F)cc(C(F)(F)F)c2)cc(C(F)(F)F)c1.[Cu+]. The van der Waals surface area contributed by atoms with Crippen LogP contribution in [0.2, 0.25) is 0 Å². The Morgan fingerprint density at radius 3 is 0.414 bits per heavy atom. The summed E-state index contributed by atoms with van der Waals surface area (Å²) >= 11 is 0. The Kier molecular flexibility index (Phi) is 22.6. The van der Waals surface area contributed by atoms with Crippen molar-refractivity contribution in [3.63, 3.8) is 0 Å². The first-order chi connectivity index (χ1) is 30.9. The van der Waals surface area contributed by atoms with Crippen LogP contribution in [-0.4, -0.2) is 6.15 Å². The van der Waals surface area contributed by atoms with Gasteiger partial charge in [0.15, 0.2) is 0 Å². The number of hydrogen-bond acceptors (Lipinski definition) is 4. The van der Waals surface area contributed by atoms with E-state index in [0.29, 0.717) is 0 Å². The predicted octanol–water partition coefficient (Wildman–Crippen LogP) is 13.3. The maximum atomic E-state index is 14.2. The summed E-state index contributed by atoms with van der Waals surface area (Å²) in [6, 6.07) is -1.81. The molecule has 0 fully saturated rings. The standard InChI is InChI=1S/C32H12BF24.4C2H3N.Cu/c34-25(35,36)13-1-14(26(37,38)39)6-21(5-13)33(22-7-15(27(40,41)42)2-16(8-22)28(43,44)45,23-9-17(29(46,47)48)3-18(10-23)30(49,50)51)24-11-19(31(52,53)54)4-20(12-24)32(55,56)57;4*1-2-3;/h1-12H;4*1H3;/q-1;;;;;+1. The second-order valence-corrected chi connectivity index (χ2v) is 13.1. The third-order valence-electron chi connectivity index (χ3n) is 8.44. The summed E-state index contributed by atoms with van der Waals surface area (Å²) in [6.45, 7) is 5.72. The molecule has 4 rings (SSSR count). The average molecular weight is 1090 g/mol. The zero-order valence-electron chi connectivity index (χ0n) is 34.7. The van der Waals surface area contributed by atoms with E-state index < -0.39 is 195 Å². The Hall–Kier alpha value is -6.26. The maximum Gasteiger partial charge on any atom is 1.00 e. The number of halogens is 24. The van der Waals surface area contributed by atoms with Gasteiger partial charge in [-0.3, -0.25) is 0 Å². The number of nitrogens with zero attached hydrogens (tertiary/aromatic N) is 4. The molecule has 0 unspecified atom stereocenters. The van der Waals surface area contributed by atoms with Gasteiger partial charge in [-0.25, -0.2) is 0 Å². The quantitative estimate of drug-likeness (QED) is 0.150.